The van der Waals surface area contributed by atoms with Crippen molar-refractivity contribution in [2.24, 2.45) is 0 Å². The minimum absolute atomic E-state index is 0. The van der Waals surface area contributed by atoms with Crippen molar-refractivity contribution in [3.63, 3.8) is 0 Å². The molecule has 0 N–H and O–H groups in total. The number of alkyl halides is 1. The molecule has 0 aliphatic rings. The van der Waals surface area contributed by atoms with Crippen molar-refractivity contribution >= 4 is 11.6 Å². The molecule has 0 aliphatic heterocycles. The standard InChI is InChI=1S/C3H5Cl.Au/c1-2-3-4;/h2H,1,3H2;. The summed E-state index contributed by atoms with van der Waals surface area (Å²) in [7, 11) is 0. The third-order valence-electron chi connectivity index (χ3n) is 0.109. The zero-order chi connectivity index (χ0) is 3.41. The van der Waals surface area contributed by atoms with E-state index in [1.807, 2.05) is 0 Å². The number of hydrogen-bond donors (Lipinski definition) is 0. The summed E-state index contributed by atoms with van der Waals surface area (Å²) >= 11 is 5.07. The monoisotopic (exact) mass is 273 g/mol. The number of allylic oxidation sites excluding steroid dienone is 1. The summed E-state index contributed by atoms with van der Waals surface area (Å²) in [6.45, 7) is 3.35. The molecule has 0 atom stereocenters. The average Bonchev–Trinajstić information content (AvgIpc) is 1.37. The topological polar surface area (TPSA) is 0 Å². The molecular weight excluding hydrogens is 268 g/mol. The van der Waals surface area contributed by atoms with Crippen molar-refractivity contribution < 1.29 is 22.4 Å². The van der Waals surface area contributed by atoms with Crippen LogP contribution in [-0.4, -0.2) is 5.88 Å². The minimum atomic E-state index is 0. The van der Waals surface area contributed by atoms with Gasteiger partial charge >= 0.3 is 0 Å². The van der Waals surface area contributed by atoms with E-state index in [9.17, 15) is 0 Å². The van der Waals surface area contributed by atoms with Gasteiger partial charge in [-0.3, -0.25) is 0 Å². The van der Waals surface area contributed by atoms with Crippen LogP contribution in [-0.2, 0) is 22.4 Å². The molecule has 0 aromatic carbocycles. The Kier molecular flexibility index (Phi) is 16.3. The van der Waals surface area contributed by atoms with Crippen LogP contribution in [0.15, 0.2) is 12.7 Å². The van der Waals surface area contributed by atoms with Gasteiger partial charge in [-0.15, -0.1) is 18.2 Å². The first-order valence-electron chi connectivity index (χ1n) is 1.08. The molecule has 0 spiro atoms. The number of hydrogen-bond acceptors (Lipinski definition) is 0. The van der Waals surface area contributed by atoms with Crippen LogP contribution in [0.25, 0.3) is 0 Å². The van der Waals surface area contributed by atoms with Gasteiger partial charge in [-0.25, -0.2) is 0 Å². The third-order valence-corrected chi connectivity index (χ3v) is 0.327. The first-order chi connectivity index (χ1) is 1.91. The van der Waals surface area contributed by atoms with Gasteiger partial charge in [0.05, 0.1) is 0 Å². The number of halogens is 1. The molecule has 0 amide bonds. The summed E-state index contributed by atoms with van der Waals surface area (Å²) in [4.78, 5) is 0. The average molecular weight is 273 g/mol. The normalized spacial score (nSPS) is 5.00. The van der Waals surface area contributed by atoms with Gasteiger partial charge in [-0.05, 0) is 0 Å². The van der Waals surface area contributed by atoms with E-state index in [4.69, 9.17) is 11.6 Å². The Bertz CT molecular complexity index is 20.9. The zero-order valence-electron chi connectivity index (χ0n) is 2.67. The van der Waals surface area contributed by atoms with E-state index in [0.29, 0.717) is 5.88 Å². The Hall–Kier alpha value is 0.770. The second-order valence-corrected chi connectivity index (χ2v) is 0.752. The molecule has 0 rings (SSSR count). The fourth-order valence-electron chi connectivity index (χ4n) is 0. The second kappa shape index (κ2) is 8.84. The molecule has 0 saturated heterocycles. The van der Waals surface area contributed by atoms with E-state index in [1.165, 1.54) is 0 Å². The summed E-state index contributed by atoms with van der Waals surface area (Å²) in [5.41, 5.74) is 0. The molecule has 0 aromatic rings. The molecule has 0 unspecified atom stereocenters. The van der Waals surface area contributed by atoms with Crippen LogP contribution >= 0.6 is 11.6 Å². The number of rotatable bonds is 1. The molecule has 2 heteroatoms. The summed E-state index contributed by atoms with van der Waals surface area (Å²) in [6.07, 6.45) is 1.64. The molecule has 35 valence electrons. The van der Waals surface area contributed by atoms with Gasteiger partial charge < -0.3 is 0 Å². The summed E-state index contributed by atoms with van der Waals surface area (Å²) < 4.78 is 0. The van der Waals surface area contributed by atoms with Crippen LogP contribution < -0.4 is 0 Å². The maximum Gasteiger partial charge on any atom is 0.0401 e. The Morgan fingerprint density at radius 1 is 1.80 bits per heavy atom. The zero-order valence-corrected chi connectivity index (χ0v) is 5.59. The first kappa shape index (κ1) is 9.24. The van der Waals surface area contributed by atoms with Crippen molar-refractivity contribution in [2.45, 2.75) is 0 Å². The summed E-state index contributed by atoms with van der Waals surface area (Å²) in [5.74, 6) is 0.556. The predicted octanol–water partition coefficient (Wildman–Crippen LogP) is 1.41. The van der Waals surface area contributed by atoms with E-state index >= 15 is 0 Å². The summed E-state index contributed by atoms with van der Waals surface area (Å²) in [5, 5.41) is 0. The van der Waals surface area contributed by atoms with Gasteiger partial charge in [-0.1, -0.05) is 6.08 Å². The molecule has 0 aliphatic carbocycles. The van der Waals surface area contributed by atoms with Gasteiger partial charge in [0.2, 0.25) is 0 Å². The van der Waals surface area contributed by atoms with Gasteiger partial charge in [0.25, 0.3) is 0 Å². The van der Waals surface area contributed by atoms with Crippen LogP contribution in [0.1, 0.15) is 0 Å². The van der Waals surface area contributed by atoms with Crippen LogP contribution in [0, 0.1) is 0 Å². The summed E-state index contributed by atoms with van der Waals surface area (Å²) in [6, 6.07) is 0. The largest absolute Gasteiger partial charge is 0.122 e. The smallest absolute Gasteiger partial charge is 0.0401 e. The van der Waals surface area contributed by atoms with E-state index in [2.05, 4.69) is 6.58 Å². The Morgan fingerprint density at radius 3 is 2.00 bits per heavy atom. The third kappa shape index (κ3) is 11.7. The van der Waals surface area contributed by atoms with E-state index in [0.717, 1.165) is 0 Å². The predicted molar refractivity (Wildman–Crippen MR) is 20.9 cm³/mol. The fourth-order valence-corrected chi connectivity index (χ4v) is 0. The molecule has 0 nitrogen and oxygen atoms in total. The van der Waals surface area contributed by atoms with E-state index < -0.39 is 0 Å². The molecule has 0 heterocycles. The van der Waals surface area contributed by atoms with Crippen molar-refractivity contribution in [3.8, 4) is 0 Å². The molecule has 1 radical (unpaired) electrons. The quantitative estimate of drug-likeness (QED) is 0.385. The Morgan fingerprint density at radius 2 is 2.00 bits per heavy atom. The molecule has 0 saturated carbocycles. The minimum Gasteiger partial charge on any atom is -0.122 e. The van der Waals surface area contributed by atoms with Crippen molar-refractivity contribution in [2.75, 3.05) is 5.88 Å². The van der Waals surface area contributed by atoms with E-state index in [1.54, 1.807) is 6.08 Å². The molecule has 0 aromatic heterocycles. The molecule has 0 bridgehead atoms. The van der Waals surface area contributed by atoms with Crippen molar-refractivity contribution in [1.82, 2.24) is 0 Å². The van der Waals surface area contributed by atoms with Crippen LogP contribution in [0.5, 0.6) is 0 Å². The second-order valence-electron chi connectivity index (χ2n) is 0.443. The van der Waals surface area contributed by atoms with Gasteiger partial charge in [0, 0.05) is 28.3 Å². The van der Waals surface area contributed by atoms with Gasteiger partial charge in [0.1, 0.15) is 0 Å². The fraction of sp³-hybridized carbons (Fsp3) is 0.333. The van der Waals surface area contributed by atoms with Gasteiger partial charge in [0.15, 0.2) is 0 Å². The SMILES string of the molecule is C=CCCl.[Au]. The van der Waals surface area contributed by atoms with E-state index in [-0.39, 0.29) is 22.4 Å². The molecule has 0 fully saturated rings. The Balaban J connectivity index is 0. The maximum absolute atomic E-state index is 5.07. The maximum atomic E-state index is 5.07. The Labute approximate surface area is 52.7 Å². The van der Waals surface area contributed by atoms with Crippen molar-refractivity contribution in [1.29, 1.82) is 0 Å². The van der Waals surface area contributed by atoms with Crippen LogP contribution in [0.4, 0.5) is 0 Å². The first-order valence-corrected chi connectivity index (χ1v) is 1.62. The van der Waals surface area contributed by atoms with Crippen LogP contribution in [0.2, 0.25) is 0 Å². The molecular formula is C3H5AuCl. The van der Waals surface area contributed by atoms with Gasteiger partial charge in [-0.2, -0.15) is 0 Å². The van der Waals surface area contributed by atoms with Crippen LogP contribution in [0.3, 0.4) is 0 Å². The molecule has 5 heavy (non-hydrogen) atoms. The van der Waals surface area contributed by atoms with Crippen molar-refractivity contribution in [3.05, 3.63) is 12.7 Å².